The molecule has 114 valence electrons. The number of hydrogen-bond acceptors (Lipinski definition) is 3. The summed E-state index contributed by atoms with van der Waals surface area (Å²) in [5.41, 5.74) is 1.28. The summed E-state index contributed by atoms with van der Waals surface area (Å²) in [4.78, 5) is 28.1. The lowest BCUT2D eigenvalue weighted by atomic mass is 10.1. The maximum atomic E-state index is 12.1. The second-order valence-electron chi connectivity index (χ2n) is 5.97. The first-order chi connectivity index (χ1) is 10.3. The van der Waals surface area contributed by atoms with Gasteiger partial charge in [0, 0.05) is 34.7 Å². The Morgan fingerprint density at radius 2 is 1.64 bits per heavy atom. The summed E-state index contributed by atoms with van der Waals surface area (Å²) in [7, 11) is 0. The summed E-state index contributed by atoms with van der Waals surface area (Å²) in [6.07, 6.45) is 3.12. The van der Waals surface area contributed by atoms with Gasteiger partial charge in [-0.2, -0.15) is 0 Å². The van der Waals surface area contributed by atoms with E-state index in [4.69, 9.17) is 0 Å². The van der Waals surface area contributed by atoms with E-state index in [-0.39, 0.29) is 17.4 Å². The lowest BCUT2D eigenvalue weighted by Gasteiger charge is -2.20. The van der Waals surface area contributed by atoms with E-state index in [9.17, 15) is 9.59 Å². The highest BCUT2D eigenvalue weighted by Crippen LogP contribution is 2.13. The van der Waals surface area contributed by atoms with E-state index in [1.807, 2.05) is 20.8 Å². The molecule has 2 aromatic rings. The molecular formula is C17H19N3O2. The molecule has 0 radical (unpaired) electrons. The molecule has 1 aromatic carbocycles. The number of rotatable bonds is 3. The first kappa shape index (κ1) is 15.7. The van der Waals surface area contributed by atoms with Gasteiger partial charge in [0.05, 0.1) is 0 Å². The predicted molar refractivity (Wildman–Crippen MR) is 85.9 cm³/mol. The van der Waals surface area contributed by atoms with Crippen LogP contribution in [-0.4, -0.2) is 22.3 Å². The number of anilines is 1. The van der Waals surface area contributed by atoms with Crippen molar-refractivity contribution in [3.63, 3.8) is 0 Å². The van der Waals surface area contributed by atoms with Crippen LogP contribution in [0.3, 0.4) is 0 Å². The fourth-order valence-electron chi connectivity index (χ4n) is 1.86. The summed E-state index contributed by atoms with van der Waals surface area (Å²) in [5, 5.41) is 5.66. The van der Waals surface area contributed by atoms with Gasteiger partial charge in [0.1, 0.15) is 0 Å². The molecule has 2 amide bonds. The highest BCUT2D eigenvalue weighted by atomic mass is 16.2. The number of nitrogens with one attached hydrogen (secondary N) is 2. The highest BCUT2D eigenvalue weighted by Gasteiger charge is 2.15. The van der Waals surface area contributed by atoms with Gasteiger partial charge in [-0.05, 0) is 51.1 Å². The van der Waals surface area contributed by atoms with Gasteiger partial charge in [-0.25, -0.2) is 0 Å². The minimum absolute atomic E-state index is 0.174. The van der Waals surface area contributed by atoms with Crippen LogP contribution in [-0.2, 0) is 0 Å². The normalized spacial score (nSPS) is 10.9. The van der Waals surface area contributed by atoms with Crippen molar-refractivity contribution < 1.29 is 9.59 Å². The average molecular weight is 297 g/mol. The maximum Gasteiger partial charge on any atom is 0.255 e. The molecular weight excluding hydrogens is 278 g/mol. The second-order valence-corrected chi connectivity index (χ2v) is 5.97. The lowest BCUT2D eigenvalue weighted by molar-refractivity contribution is 0.0918. The van der Waals surface area contributed by atoms with E-state index in [1.54, 1.807) is 48.8 Å². The number of amides is 2. The second kappa shape index (κ2) is 6.39. The Hall–Kier alpha value is -2.69. The Morgan fingerprint density at radius 1 is 0.955 bits per heavy atom. The first-order valence-corrected chi connectivity index (χ1v) is 6.99. The van der Waals surface area contributed by atoms with Crippen LogP contribution in [0.25, 0.3) is 0 Å². The van der Waals surface area contributed by atoms with Gasteiger partial charge >= 0.3 is 0 Å². The van der Waals surface area contributed by atoms with Crippen molar-refractivity contribution in [3.8, 4) is 0 Å². The molecule has 0 fully saturated rings. The molecule has 0 bridgehead atoms. The van der Waals surface area contributed by atoms with Gasteiger partial charge in [-0.15, -0.1) is 0 Å². The first-order valence-electron chi connectivity index (χ1n) is 6.99. The van der Waals surface area contributed by atoms with E-state index in [2.05, 4.69) is 15.6 Å². The molecule has 0 saturated heterocycles. The molecule has 0 aliphatic rings. The molecule has 0 spiro atoms. The molecule has 1 aromatic heterocycles. The van der Waals surface area contributed by atoms with E-state index in [0.29, 0.717) is 16.8 Å². The minimum Gasteiger partial charge on any atom is -0.347 e. The molecule has 2 rings (SSSR count). The number of nitrogens with zero attached hydrogens (tertiary/aromatic N) is 1. The zero-order valence-electron chi connectivity index (χ0n) is 12.9. The smallest absolute Gasteiger partial charge is 0.255 e. The van der Waals surface area contributed by atoms with Crippen molar-refractivity contribution in [2.75, 3.05) is 5.32 Å². The van der Waals surface area contributed by atoms with E-state index < -0.39 is 0 Å². The zero-order valence-corrected chi connectivity index (χ0v) is 12.9. The van der Waals surface area contributed by atoms with Crippen LogP contribution in [0.4, 0.5) is 5.69 Å². The molecule has 22 heavy (non-hydrogen) atoms. The van der Waals surface area contributed by atoms with Crippen molar-refractivity contribution in [1.82, 2.24) is 10.3 Å². The fourth-order valence-corrected chi connectivity index (χ4v) is 1.86. The molecule has 1 heterocycles. The van der Waals surface area contributed by atoms with Gasteiger partial charge < -0.3 is 10.6 Å². The molecule has 0 unspecified atom stereocenters. The van der Waals surface area contributed by atoms with Crippen molar-refractivity contribution in [2.45, 2.75) is 26.3 Å². The molecule has 0 aliphatic heterocycles. The third kappa shape index (κ3) is 4.41. The number of carbonyl (C=O) groups is 2. The van der Waals surface area contributed by atoms with Crippen molar-refractivity contribution in [3.05, 3.63) is 59.9 Å². The molecule has 5 nitrogen and oxygen atoms in total. The van der Waals surface area contributed by atoms with Crippen LogP contribution < -0.4 is 10.6 Å². The van der Waals surface area contributed by atoms with Crippen LogP contribution in [0.5, 0.6) is 0 Å². The monoisotopic (exact) mass is 297 g/mol. The molecule has 0 saturated carbocycles. The highest BCUT2D eigenvalue weighted by molar-refractivity contribution is 6.05. The van der Waals surface area contributed by atoms with Crippen LogP contribution in [0.15, 0.2) is 48.8 Å². The standard InChI is InChI=1S/C17H19N3O2/c1-17(2,3)20-16(22)13-5-4-6-14(11-13)19-15(21)12-7-9-18-10-8-12/h4-11H,1-3H3,(H,19,21)(H,20,22). The van der Waals surface area contributed by atoms with Gasteiger partial charge in [-0.3, -0.25) is 14.6 Å². The SMILES string of the molecule is CC(C)(C)NC(=O)c1cccc(NC(=O)c2ccncc2)c1. The fraction of sp³-hybridized carbons (Fsp3) is 0.235. The predicted octanol–water partition coefficient (Wildman–Crippen LogP) is 2.86. The van der Waals surface area contributed by atoms with E-state index in [0.717, 1.165) is 0 Å². The van der Waals surface area contributed by atoms with Gasteiger partial charge in [0.15, 0.2) is 0 Å². The quantitative estimate of drug-likeness (QED) is 0.915. The molecule has 0 aliphatic carbocycles. The third-order valence-corrected chi connectivity index (χ3v) is 2.81. The largest absolute Gasteiger partial charge is 0.347 e. The number of pyridine rings is 1. The average Bonchev–Trinajstić information content (AvgIpc) is 2.46. The van der Waals surface area contributed by atoms with Crippen LogP contribution in [0.1, 0.15) is 41.5 Å². The third-order valence-electron chi connectivity index (χ3n) is 2.81. The van der Waals surface area contributed by atoms with Gasteiger partial charge in [0.25, 0.3) is 11.8 Å². The summed E-state index contributed by atoms with van der Waals surface area (Å²) in [6.45, 7) is 5.75. The number of benzene rings is 1. The van der Waals surface area contributed by atoms with Crippen molar-refractivity contribution >= 4 is 17.5 Å². The number of hydrogen-bond donors (Lipinski definition) is 2. The minimum atomic E-state index is -0.312. The molecule has 5 heteroatoms. The lowest BCUT2D eigenvalue weighted by Crippen LogP contribution is -2.40. The summed E-state index contributed by atoms with van der Waals surface area (Å²) in [6, 6.07) is 10.1. The Kier molecular flexibility index (Phi) is 4.56. The maximum absolute atomic E-state index is 12.1. The van der Waals surface area contributed by atoms with Crippen molar-refractivity contribution in [2.24, 2.45) is 0 Å². The summed E-state index contributed by atoms with van der Waals surface area (Å²) in [5.74, 6) is -0.414. The zero-order chi connectivity index (χ0) is 16.2. The summed E-state index contributed by atoms with van der Waals surface area (Å²) < 4.78 is 0. The Bertz CT molecular complexity index is 676. The van der Waals surface area contributed by atoms with Gasteiger partial charge in [0.2, 0.25) is 0 Å². The van der Waals surface area contributed by atoms with Crippen LogP contribution >= 0.6 is 0 Å². The Morgan fingerprint density at radius 3 is 2.27 bits per heavy atom. The Labute approximate surface area is 129 Å². The topological polar surface area (TPSA) is 71.1 Å². The van der Waals surface area contributed by atoms with Crippen LogP contribution in [0, 0.1) is 0 Å². The summed E-state index contributed by atoms with van der Waals surface area (Å²) >= 11 is 0. The number of aromatic nitrogens is 1. The van der Waals surface area contributed by atoms with Gasteiger partial charge in [-0.1, -0.05) is 6.07 Å². The van der Waals surface area contributed by atoms with E-state index in [1.165, 1.54) is 0 Å². The Balaban J connectivity index is 2.12. The molecule has 0 atom stereocenters. The van der Waals surface area contributed by atoms with Crippen LogP contribution in [0.2, 0.25) is 0 Å². The number of carbonyl (C=O) groups excluding carboxylic acids is 2. The van der Waals surface area contributed by atoms with Crippen molar-refractivity contribution in [1.29, 1.82) is 0 Å². The molecule has 2 N–H and O–H groups in total. The van der Waals surface area contributed by atoms with E-state index >= 15 is 0 Å².